The van der Waals surface area contributed by atoms with Gasteiger partial charge in [-0.25, -0.2) is 9.37 Å². The van der Waals surface area contributed by atoms with E-state index in [4.69, 9.17) is 49.4 Å². The smallest absolute Gasteiger partial charge is 0.177 e. The van der Waals surface area contributed by atoms with Crippen LogP contribution in [0, 0.1) is 22.6 Å². The summed E-state index contributed by atoms with van der Waals surface area (Å²) in [5, 5.41) is 21.4. The van der Waals surface area contributed by atoms with Crippen LogP contribution in [0.15, 0.2) is 36.8 Å². The molecule has 0 unspecified atom stereocenters. The van der Waals surface area contributed by atoms with Crippen molar-refractivity contribution in [1.29, 1.82) is 10.7 Å². The molecule has 1 aromatic carbocycles. The van der Waals surface area contributed by atoms with Crippen LogP contribution in [0.25, 0.3) is 0 Å². The zero-order chi connectivity index (χ0) is 25.5. The summed E-state index contributed by atoms with van der Waals surface area (Å²) in [5.41, 5.74) is 12.8. The lowest BCUT2D eigenvalue weighted by Crippen LogP contribution is -2.20. The molecule has 2 aromatic heterocycles. The van der Waals surface area contributed by atoms with Crippen LogP contribution >= 0.6 is 35.2 Å². The Bertz CT molecular complexity index is 1270. The zero-order valence-electron chi connectivity index (χ0n) is 18.1. The molecule has 3 aromatic rings. The summed E-state index contributed by atoms with van der Waals surface area (Å²) in [6, 6.07) is 5.76. The summed E-state index contributed by atoms with van der Waals surface area (Å²) in [6.45, 7) is 0.503. The van der Waals surface area contributed by atoms with Crippen molar-refractivity contribution in [3.63, 3.8) is 0 Å². The molecule has 0 aliphatic heterocycles. The van der Waals surface area contributed by atoms with E-state index in [0.717, 1.165) is 18.1 Å². The van der Waals surface area contributed by atoms with Crippen LogP contribution < -0.4 is 21.5 Å². The molecule has 0 radical (unpaired) electrons. The minimum Gasteiger partial charge on any atom is -0.468 e. The summed E-state index contributed by atoms with van der Waals surface area (Å²) in [5.74, 6) is -0.189. The third-order valence-corrected chi connectivity index (χ3v) is 5.88. The van der Waals surface area contributed by atoms with E-state index in [2.05, 4.69) is 15.3 Å². The molecule has 0 aliphatic rings. The van der Waals surface area contributed by atoms with Crippen LogP contribution in [0.4, 0.5) is 15.9 Å². The lowest BCUT2D eigenvalue weighted by atomic mass is 10.0. The number of rotatable bonds is 10. The fourth-order valence-electron chi connectivity index (χ4n) is 3.09. The van der Waals surface area contributed by atoms with Gasteiger partial charge in [-0.15, -0.1) is 0 Å². The molecule has 35 heavy (non-hydrogen) atoms. The molecule has 0 saturated heterocycles. The molecule has 13 heteroatoms. The standard InChI is InChI=1S/C22H20Cl2FN7O2S/c23-14-9-30-10-15(24)19(14)21(29)34-18-5-13(17(27)6-16(18)25)20(28)12-4-11(7-26)22(32-8-12)31-2-1-3-35-33/h4-6,8-10,21,28,33H,1-3,27,29H2,(H,31,32)/t21-/m0/s1. The van der Waals surface area contributed by atoms with E-state index < -0.39 is 12.0 Å². The number of nitrogens with one attached hydrogen (secondary N) is 2. The number of hydrogen-bond acceptors (Lipinski definition) is 10. The third kappa shape index (κ3) is 6.30. The van der Waals surface area contributed by atoms with Crippen LogP contribution in [0.1, 0.15) is 34.9 Å². The molecular weight excluding hydrogens is 516 g/mol. The largest absolute Gasteiger partial charge is 0.468 e. The maximum atomic E-state index is 14.6. The van der Waals surface area contributed by atoms with Gasteiger partial charge in [0, 0.05) is 59.3 Å². The van der Waals surface area contributed by atoms with Crippen molar-refractivity contribution in [2.24, 2.45) is 5.73 Å². The summed E-state index contributed by atoms with van der Waals surface area (Å²) >= 11 is 12.9. The van der Waals surface area contributed by atoms with Crippen molar-refractivity contribution >= 4 is 52.5 Å². The van der Waals surface area contributed by atoms with E-state index in [1.54, 1.807) is 0 Å². The number of nitrogens with two attached hydrogens (primary N) is 2. The Morgan fingerprint density at radius 1 is 1.29 bits per heavy atom. The first-order valence-corrected chi connectivity index (χ1v) is 11.8. The number of ether oxygens (including phenoxy) is 1. The predicted molar refractivity (Wildman–Crippen MR) is 136 cm³/mol. The molecule has 0 fully saturated rings. The number of nitriles is 1. The van der Waals surface area contributed by atoms with Crippen LogP contribution in [0.5, 0.6) is 5.75 Å². The Labute approximate surface area is 214 Å². The van der Waals surface area contributed by atoms with Crippen LogP contribution in [-0.4, -0.2) is 32.5 Å². The van der Waals surface area contributed by atoms with Gasteiger partial charge in [0.25, 0.3) is 0 Å². The summed E-state index contributed by atoms with van der Waals surface area (Å²) in [4.78, 5) is 8.07. The van der Waals surface area contributed by atoms with E-state index in [1.807, 2.05) is 6.07 Å². The van der Waals surface area contributed by atoms with Crippen LogP contribution in [0.2, 0.25) is 10.0 Å². The molecular formula is C22H20Cl2FN7O2S. The first-order chi connectivity index (χ1) is 16.8. The Balaban J connectivity index is 1.88. The van der Waals surface area contributed by atoms with Gasteiger partial charge in [0.2, 0.25) is 0 Å². The molecule has 0 aliphatic carbocycles. The number of benzene rings is 1. The predicted octanol–water partition coefficient (Wildman–Crippen LogP) is 4.84. The Morgan fingerprint density at radius 3 is 2.66 bits per heavy atom. The van der Waals surface area contributed by atoms with Gasteiger partial charge < -0.3 is 20.3 Å². The topological polar surface area (TPSA) is 167 Å². The highest BCUT2D eigenvalue weighted by Crippen LogP contribution is 2.33. The van der Waals surface area contributed by atoms with Gasteiger partial charge in [-0.1, -0.05) is 23.2 Å². The molecule has 0 saturated carbocycles. The quantitative estimate of drug-likeness (QED) is 0.0801. The van der Waals surface area contributed by atoms with Gasteiger partial charge in [0.05, 0.1) is 21.3 Å². The second kappa shape index (κ2) is 12.0. The van der Waals surface area contributed by atoms with E-state index >= 15 is 0 Å². The van der Waals surface area contributed by atoms with Crippen molar-refractivity contribution in [1.82, 2.24) is 9.97 Å². The lowest BCUT2D eigenvalue weighted by molar-refractivity contribution is 0.204. The average Bonchev–Trinajstić information content (AvgIpc) is 2.83. The normalized spacial score (nSPS) is 11.5. The van der Waals surface area contributed by atoms with Gasteiger partial charge in [-0.2, -0.15) is 5.26 Å². The zero-order valence-corrected chi connectivity index (χ0v) is 20.4. The van der Waals surface area contributed by atoms with E-state index in [9.17, 15) is 9.65 Å². The molecule has 1 atom stereocenters. The summed E-state index contributed by atoms with van der Waals surface area (Å²) in [7, 11) is 0. The van der Waals surface area contributed by atoms with Crippen molar-refractivity contribution in [3.8, 4) is 11.8 Å². The number of aromatic nitrogens is 2. The molecule has 2 heterocycles. The molecule has 9 nitrogen and oxygen atoms in total. The highest BCUT2D eigenvalue weighted by Gasteiger charge is 2.21. The maximum absolute atomic E-state index is 14.6. The highest BCUT2D eigenvalue weighted by molar-refractivity contribution is 7.93. The average molecular weight is 536 g/mol. The fraction of sp³-hybridized carbons (Fsp3) is 0.182. The minimum atomic E-state index is -1.22. The van der Waals surface area contributed by atoms with Gasteiger partial charge in [-0.3, -0.25) is 16.1 Å². The fourth-order valence-corrected chi connectivity index (χ4v) is 3.94. The minimum absolute atomic E-state index is 0.0180. The third-order valence-electron chi connectivity index (χ3n) is 4.80. The molecule has 0 spiro atoms. The molecule has 3 rings (SSSR count). The van der Waals surface area contributed by atoms with Gasteiger partial charge >= 0.3 is 0 Å². The van der Waals surface area contributed by atoms with Crippen LogP contribution in [-0.2, 0) is 0 Å². The lowest BCUT2D eigenvalue weighted by Gasteiger charge is -2.19. The number of nitrogen functional groups attached to an aromatic ring is 1. The second-order valence-corrected chi connectivity index (χ2v) is 8.63. The molecule has 182 valence electrons. The van der Waals surface area contributed by atoms with Crippen molar-refractivity contribution in [2.75, 3.05) is 23.3 Å². The van der Waals surface area contributed by atoms with Crippen molar-refractivity contribution in [2.45, 2.75) is 12.6 Å². The SMILES string of the molecule is N#Cc1cc(C(=N)c2cc(O[C@H](N)c3c(Cl)cncc3Cl)c(F)cc2N)cnc1NCCCSO. The van der Waals surface area contributed by atoms with Gasteiger partial charge in [0.1, 0.15) is 11.9 Å². The van der Waals surface area contributed by atoms with E-state index in [1.165, 1.54) is 30.7 Å². The highest BCUT2D eigenvalue weighted by atomic mass is 35.5. The number of hydrogen-bond donors (Lipinski definition) is 5. The Kier molecular flexibility index (Phi) is 9.08. The second-order valence-electron chi connectivity index (χ2n) is 7.15. The first kappa shape index (κ1) is 26.5. The first-order valence-electron chi connectivity index (χ1n) is 10.1. The molecule has 0 bridgehead atoms. The number of anilines is 2. The van der Waals surface area contributed by atoms with E-state index in [-0.39, 0.29) is 49.4 Å². The maximum Gasteiger partial charge on any atom is 0.177 e. The van der Waals surface area contributed by atoms with E-state index in [0.29, 0.717) is 24.5 Å². The summed E-state index contributed by atoms with van der Waals surface area (Å²) in [6.07, 6.45) is 3.50. The van der Waals surface area contributed by atoms with Gasteiger partial charge in [-0.05, 0) is 30.6 Å². The Hall–Kier alpha value is -3.14. The monoisotopic (exact) mass is 535 g/mol. The number of pyridine rings is 2. The van der Waals surface area contributed by atoms with Gasteiger partial charge in [0.15, 0.2) is 17.8 Å². The van der Waals surface area contributed by atoms with Crippen LogP contribution in [0.3, 0.4) is 0 Å². The van der Waals surface area contributed by atoms with Crippen molar-refractivity contribution < 1.29 is 13.7 Å². The number of nitrogens with zero attached hydrogens (tertiary/aromatic N) is 3. The summed E-state index contributed by atoms with van der Waals surface area (Å²) < 4.78 is 29.0. The van der Waals surface area contributed by atoms with Crippen molar-refractivity contribution in [3.05, 3.63) is 74.9 Å². The molecule has 7 N–H and O–H groups in total. The Morgan fingerprint density at radius 2 is 2.00 bits per heavy atom. The number of halogens is 3. The molecule has 0 amide bonds.